The van der Waals surface area contributed by atoms with Crippen molar-refractivity contribution in [3.63, 3.8) is 0 Å². The standard InChI is InChI=1S/C13H18BrNO/c1-15(12-7-4-8-13(12)16)9-10-5-2-3-6-11(10)14/h2-3,5-6,12-13,16H,4,7-9H2,1H3/t12-,13-/m0/s1. The summed E-state index contributed by atoms with van der Waals surface area (Å²) in [6.07, 6.45) is 3.06. The van der Waals surface area contributed by atoms with Gasteiger partial charge in [-0.05, 0) is 37.9 Å². The average molecular weight is 284 g/mol. The molecule has 0 radical (unpaired) electrons. The maximum atomic E-state index is 9.85. The van der Waals surface area contributed by atoms with Crippen LogP contribution in [0.4, 0.5) is 0 Å². The van der Waals surface area contributed by atoms with Crippen molar-refractivity contribution in [2.45, 2.75) is 38.0 Å². The summed E-state index contributed by atoms with van der Waals surface area (Å²) in [4.78, 5) is 2.26. The second kappa shape index (κ2) is 5.30. The number of rotatable bonds is 3. The van der Waals surface area contributed by atoms with Gasteiger partial charge >= 0.3 is 0 Å². The van der Waals surface area contributed by atoms with Crippen LogP contribution in [0.15, 0.2) is 28.7 Å². The SMILES string of the molecule is CN(Cc1ccccc1Br)[C@H]1CCC[C@@H]1O. The van der Waals surface area contributed by atoms with Crippen LogP contribution in [0.5, 0.6) is 0 Å². The van der Waals surface area contributed by atoms with Gasteiger partial charge in [0.15, 0.2) is 0 Å². The molecule has 16 heavy (non-hydrogen) atoms. The largest absolute Gasteiger partial charge is 0.391 e. The highest BCUT2D eigenvalue weighted by atomic mass is 79.9. The molecular formula is C13H18BrNO. The van der Waals surface area contributed by atoms with Gasteiger partial charge in [0.05, 0.1) is 6.10 Å². The van der Waals surface area contributed by atoms with E-state index in [4.69, 9.17) is 0 Å². The Hall–Kier alpha value is -0.380. The van der Waals surface area contributed by atoms with Crippen LogP contribution in [0.3, 0.4) is 0 Å². The summed E-state index contributed by atoms with van der Waals surface area (Å²) in [7, 11) is 2.10. The Morgan fingerprint density at radius 3 is 2.75 bits per heavy atom. The molecule has 1 N–H and O–H groups in total. The van der Waals surface area contributed by atoms with Crippen molar-refractivity contribution in [3.8, 4) is 0 Å². The molecule has 0 unspecified atom stereocenters. The number of halogens is 1. The van der Waals surface area contributed by atoms with Crippen LogP contribution >= 0.6 is 15.9 Å². The van der Waals surface area contributed by atoms with Crippen LogP contribution in [-0.4, -0.2) is 29.2 Å². The third-order valence-electron chi connectivity index (χ3n) is 3.39. The Bertz CT molecular complexity index is 356. The van der Waals surface area contributed by atoms with E-state index in [0.717, 1.165) is 30.3 Å². The first-order valence-electron chi connectivity index (χ1n) is 5.80. The number of aliphatic hydroxyl groups excluding tert-OH is 1. The Kier molecular flexibility index (Phi) is 4.00. The van der Waals surface area contributed by atoms with E-state index in [2.05, 4.69) is 46.1 Å². The Balaban J connectivity index is 2.02. The van der Waals surface area contributed by atoms with E-state index in [0.29, 0.717) is 6.04 Å². The van der Waals surface area contributed by atoms with E-state index in [1.165, 1.54) is 5.56 Å². The minimum Gasteiger partial charge on any atom is -0.391 e. The van der Waals surface area contributed by atoms with Crippen LogP contribution in [0.1, 0.15) is 24.8 Å². The van der Waals surface area contributed by atoms with E-state index in [1.54, 1.807) is 0 Å². The molecule has 3 heteroatoms. The van der Waals surface area contributed by atoms with Crippen molar-refractivity contribution >= 4 is 15.9 Å². The molecule has 0 spiro atoms. The van der Waals surface area contributed by atoms with Gasteiger partial charge in [0.25, 0.3) is 0 Å². The molecular weight excluding hydrogens is 266 g/mol. The minimum absolute atomic E-state index is 0.146. The van der Waals surface area contributed by atoms with Gasteiger partial charge in [-0.3, -0.25) is 4.90 Å². The average Bonchev–Trinajstić information content (AvgIpc) is 2.68. The lowest BCUT2D eigenvalue weighted by atomic mass is 10.1. The van der Waals surface area contributed by atoms with Crippen LogP contribution < -0.4 is 0 Å². The first-order chi connectivity index (χ1) is 7.68. The molecule has 0 heterocycles. The van der Waals surface area contributed by atoms with Crippen molar-refractivity contribution in [3.05, 3.63) is 34.3 Å². The molecule has 1 aliphatic rings. The lowest BCUT2D eigenvalue weighted by Crippen LogP contribution is -2.37. The molecule has 0 saturated heterocycles. The lowest BCUT2D eigenvalue weighted by Gasteiger charge is -2.27. The maximum Gasteiger partial charge on any atom is 0.0695 e. The Morgan fingerprint density at radius 2 is 2.12 bits per heavy atom. The van der Waals surface area contributed by atoms with Gasteiger partial charge in [-0.15, -0.1) is 0 Å². The summed E-state index contributed by atoms with van der Waals surface area (Å²) < 4.78 is 1.15. The van der Waals surface area contributed by atoms with Crippen LogP contribution in [-0.2, 0) is 6.54 Å². The summed E-state index contributed by atoms with van der Waals surface area (Å²) in [5, 5.41) is 9.85. The van der Waals surface area contributed by atoms with Crippen molar-refractivity contribution in [2.24, 2.45) is 0 Å². The number of hydrogen-bond acceptors (Lipinski definition) is 2. The highest BCUT2D eigenvalue weighted by Crippen LogP contribution is 2.26. The number of likely N-dealkylation sites (N-methyl/N-ethyl adjacent to an activating group) is 1. The number of hydrogen-bond donors (Lipinski definition) is 1. The molecule has 0 bridgehead atoms. The van der Waals surface area contributed by atoms with Gasteiger partial charge in [0.2, 0.25) is 0 Å². The molecule has 1 aliphatic carbocycles. The molecule has 2 rings (SSSR count). The van der Waals surface area contributed by atoms with Gasteiger partial charge in [0, 0.05) is 17.1 Å². The fraction of sp³-hybridized carbons (Fsp3) is 0.538. The fourth-order valence-electron chi connectivity index (χ4n) is 2.45. The smallest absolute Gasteiger partial charge is 0.0695 e. The normalized spacial score (nSPS) is 25.2. The zero-order valence-electron chi connectivity index (χ0n) is 9.56. The van der Waals surface area contributed by atoms with Gasteiger partial charge in [-0.1, -0.05) is 34.1 Å². The number of nitrogens with zero attached hydrogens (tertiary/aromatic N) is 1. The molecule has 2 nitrogen and oxygen atoms in total. The molecule has 1 aromatic carbocycles. The highest BCUT2D eigenvalue weighted by molar-refractivity contribution is 9.10. The van der Waals surface area contributed by atoms with Crippen molar-refractivity contribution in [1.82, 2.24) is 4.90 Å². The van der Waals surface area contributed by atoms with Crippen LogP contribution in [0, 0.1) is 0 Å². The van der Waals surface area contributed by atoms with Crippen molar-refractivity contribution in [2.75, 3.05) is 7.05 Å². The van der Waals surface area contributed by atoms with Crippen LogP contribution in [0.2, 0.25) is 0 Å². The summed E-state index contributed by atoms with van der Waals surface area (Å²) in [6, 6.07) is 8.60. The third kappa shape index (κ3) is 2.65. The predicted molar refractivity (Wildman–Crippen MR) is 69.3 cm³/mol. The second-order valence-corrected chi connectivity index (χ2v) is 5.43. The molecule has 2 atom stereocenters. The molecule has 1 fully saturated rings. The van der Waals surface area contributed by atoms with Crippen molar-refractivity contribution in [1.29, 1.82) is 0 Å². The quantitative estimate of drug-likeness (QED) is 0.922. The summed E-state index contributed by atoms with van der Waals surface area (Å²) in [5.41, 5.74) is 1.28. The van der Waals surface area contributed by atoms with E-state index in [1.807, 2.05) is 6.07 Å². The minimum atomic E-state index is -0.146. The second-order valence-electron chi connectivity index (χ2n) is 4.57. The topological polar surface area (TPSA) is 23.5 Å². The Labute approximate surface area is 105 Å². The third-order valence-corrected chi connectivity index (χ3v) is 4.16. The zero-order chi connectivity index (χ0) is 11.5. The van der Waals surface area contributed by atoms with Crippen LogP contribution in [0.25, 0.3) is 0 Å². The summed E-state index contributed by atoms with van der Waals surface area (Å²) in [6.45, 7) is 0.892. The molecule has 88 valence electrons. The fourth-order valence-corrected chi connectivity index (χ4v) is 2.86. The van der Waals surface area contributed by atoms with E-state index in [-0.39, 0.29) is 6.10 Å². The van der Waals surface area contributed by atoms with Gasteiger partial charge < -0.3 is 5.11 Å². The van der Waals surface area contributed by atoms with E-state index >= 15 is 0 Å². The Morgan fingerprint density at radius 1 is 1.38 bits per heavy atom. The predicted octanol–water partition coefficient (Wildman–Crippen LogP) is 2.79. The molecule has 0 aromatic heterocycles. The lowest BCUT2D eigenvalue weighted by molar-refractivity contribution is 0.0824. The number of aliphatic hydroxyl groups is 1. The summed E-state index contributed by atoms with van der Waals surface area (Å²) >= 11 is 3.56. The first kappa shape index (κ1) is 12.1. The van der Waals surface area contributed by atoms with Crippen molar-refractivity contribution < 1.29 is 5.11 Å². The maximum absolute atomic E-state index is 9.85. The molecule has 0 amide bonds. The molecule has 1 saturated carbocycles. The molecule has 1 aromatic rings. The van der Waals surface area contributed by atoms with E-state index < -0.39 is 0 Å². The number of benzene rings is 1. The van der Waals surface area contributed by atoms with Gasteiger partial charge in [0.1, 0.15) is 0 Å². The first-order valence-corrected chi connectivity index (χ1v) is 6.59. The molecule has 0 aliphatic heterocycles. The zero-order valence-corrected chi connectivity index (χ0v) is 11.2. The monoisotopic (exact) mass is 283 g/mol. The summed E-state index contributed by atoms with van der Waals surface area (Å²) in [5.74, 6) is 0. The highest BCUT2D eigenvalue weighted by Gasteiger charge is 2.28. The van der Waals surface area contributed by atoms with E-state index in [9.17, 15) is 5.11 Å². The van der Waals surface area contributed by atoms with Gasteiger partial charge in [-0.2, -0.15) is 0 Å². The van der Waals surface area contributed by atoms with Gasteiger partial charge in [-0.25, -0.2) is 0 Å².